The van der Waals surface area contributed by atoms with E-state index in [1.54, 1.807) is 0 Å². The predicted molar refractivity (Wildman–Crippen MR) is 66.6 cm³/mol. The lowest BCUT2D eigenvalue weighted by Gasteiger charge is -1.99. The Morgan fingerprint density at radius 1 is 1.56 bits per heavy atom. The van der Waals surface area contributed by atoms with Gasteiger partial charge in [-0.15, -0.1) is 0 Å². The summed E-state index contributed by atoms with van der Waals surface area (Å²) in [6.07, 6.45) is 1.34. The van der Waals surface area contributed by atoms with Crippen molar-refractivity contribution < 1.29 is 4.79 Å². The molecule has 0 bridgehead atoms. The van der Waals surface area contributed by atoms with Gasteiger partial charge in [-0.3, -0.25) is 4.79 Å². The molecule has 1 aromatic heterocycles. The first-order valence-electron chi connectivity index (χ1n) is 4.92. The number of para-hydroxylation sites is 2. The number of hydrogen-bond donors (Lipinski definition) is 0. The van der Waals surface area contributed by atoms with Crippen LogP contribution < -0.4 is 0 Å². The number of carbonyl (C=O) groups excluding carboxylic acids is 1. The number of fused-ring (bicyclic) bond motifs is 1. The van der Waals surface area contributed by atoms with Crippen molar-refractivity contribution >= 4 is 28.6 Å². The predicted octanol–water partition coefficient (Wildman–Crippen LogP) is 2.42. The Morgan fingerprint density at radius 2 is 2.31 bits per heavy atom. The Hall–Kier alpha value is -1.55. The Morgan fingerprint density at radius 3 is 3.00 bits per heavy atom. The molecular formula is C12H12N2OS. The molecule has 0 N–H and O–H groups in total. The summed E-state index contributed by atoms with van der Waals surface area (Å²) in [5.74, 6) is 0.415. The number of hydrogen-bond acceptors (Lipinski definition) is 3. The second kappa shape index (κ2) is 4.53. The molecule has 0 aliphatic carbocycles. The van der Waals surface area contributed by atoms with Crippen molar-refractivity contribution in [2.45, 2.75) is 5.16 Å². The van der Waals surface area contributed by atoms with E-state index in [2.05, 4.69) is 11.6 Å². The highest BCUT2D eigenvalue weighted by molar-refractivity contribution is 7.99. The number of benzene rings is 1. The third-order valence-electron chi connectivity index (χ3n) is 2.32. The van der Waals surface area contributed by atoms with Gasteiger partial charge < -0.3 is 4.57 Å². The van der Waals surface area contributed by atoms with Crippen LogP contribution in [0.2, 0.25) is 0 Å². The van der Waals surface area contributed by atoms with Gasteiger partial charge in [0.15, 0.2) is 10.9 Å². The number of aromatic nitrogens is 2. The fraction of sp³-hybridized carbons (Fsp3) is 0.167. The van der Waals surface area contributed by atoms with Gasteiger partial charge in [-0.05, 0) is 18.2 Å². The minimum absolute atomic E-state index is 0.0251. The maximum absolute atomic E-state index is 11.1. The molecule has 82 valence electrons. The zero-order valence-corrected chi connectivity index (χ0v) is 9.83. The summed E-state index contributed by atoms with van der Waals surface area (Å²) in [7, 11) is 1.95. The van der Waals surface area contributed by atoms with Crippen molar-refractivity contribution in [3.63, 3.8) is 0 Å². The van der Waals surface area contributed by atoms with Crippen LogP contribution in [0.5, 0.6) is 0 Å². The molecule has 0 atom stereocenters. The molecule has 1 heterocycles. The number of allylic oxidation sites excluding steroid dienone is 1. The number of ketones is 1. The minimum atomic E-state index is 0.0251. The van der Waals surface area contributed by atoms with E-state index in [9.17, 15) is 4.79 Å². The highest BCUT2D eigenvalue weighted by Gasteiger charge is 2.08. The van der Waals surface area contributed by atoms with Gasteiger partial charge in [-0.25, -0.2) is 4.98 Å². The second-order valence-electron chi connectivity index (χ2n) is 3.40. The second-order valence-corrected chi connectivity index (χ2v) is 4.34. The maximum Gasteiger partial charge on any atom is 0.169 e. The van der Waals surface area contributed by atoms with Crippen molar-refractivity contribution in [1.29, 1.82) is 0 Å². The molecule has 0 saturated heterocycles. The minimum Gasteiger partial charge on any atom is -0.322 e. The number of rotatable bonds is 4. The largest absolute Gasteiger partial charge is 0.322 e. The van der Waals surface area contributed by atoms with Gasteiger partial charge in [0.25, 0.3) is 0 Å². The molecular weight excluding hydrogens is 220 g/mol. The molecule has 0 unspecified atom stereocenters. The van der Waals surface area contributed by atoms with E-state index in [-0.39, 0.29) is 5.78 Å². The van der Waals surface area contributed by atoms with Crippen molar-refractivity contribution in [1.82, 2.24) is 9.55 Å². The summed E-state index contributed by atoms with van der Waals surface area (Å²) in [5, 5.41) is 0.858. The standard InChI is InChI=1S/C12H12N2OS/c1-3-9(15)8-16-12-13-10-6-4-5-7-11(10)14(12)2/h3-7H,1,8H2,2H3. The fourth-order valence-electron chi connectivity index (χ4n) is 1.45. The number of imidazole rings is 1. The lowest BCUT2D eigenvalue weighted by Crippen LogP contribution is -1.98. The van der Waals surface area contributed by atoms with Crippen LogP contribution in [0.3, 0.4) is 0 Å². The Kier molecular flexibility index (Phi) is 3.10. The zero-order valence-electron chi connectivity index (χ0n) is 9.01. The summed E-state index contributed by atoms with van der Waals surface area (Å²) >= 11 is 1.44. The normalized spacial score (nSPS) is 10.6. The smallest absolute Gasteiger partial charge is 0.169 e. The van der Waals surface area contributed by atoms with Crippen molar-refractivity contribution in [3.8, 4) is 0 Å². The molecule has 1 aromatic carbocycles. The molecule has 2 rings (SSSR count). The molecule has 0 amide bonds. The molecule has 0 saturated carbocycles. The average molecular weight is 232 g/mol. The number of carbonyl (C=O) groups is 1. The molecule has 2 aromatic rings. The van der Waals surface area contributed by atoms with Crippen LogP contribution in [0.4, 0.5) is 0 Å². The Labute approximate surface area is 98.2 Å². The third kappa shape index (κ3) is 2.02. The highest BCUT2D eigenvalue weighted by atomic mass is 32.2. The van der Waals surface area contributed by atoms with Gasteiger partial charge in [0.1, 0.15) is 0 Å². The number of nitrogens with zero attached hydrogens (tertiary/aromatic N) is 2. The van der Waals surface area contributed by atoms with Gasteiger partial charge >= 0.3 is 0 Å². The van der Waals surface area contributed by atoms with Crippen molar-refractivity contribution in [3.05, 3.63) is 36.9 Å². The summed E-state index contributed by atoms with van der Waals surface area (Å²) in [6, 6.07) is 7.92. The van der Waals surface area contributed by atoms with E-state index >= 15 is 0 Å². The van der Waals surface area contributed by atoms with Gasteiger partial charge in [0.05, 0.1) is 16.8 Å². The van der Waals surface area contributed by atoms with Crippen LogP contribution in [0.25, 0.3) is 11.0 Å². The molecule has 3 nitrogen and oxygen atoms in total. The molecule has 16 heavy (non-hydrogen) atoms. The molecule has 0 radical (unpaired) electrons. The van der Waals surface area contributed by atoms with Crippen molar-refractivity contribution in [2.75, 3.05) is 5.75 Å². The van der Waals surface area contributed by atoms with Crippen LogP contribution in [0.1, 0.15) is 0 Å². The average Bonchev–Trinajstić information content (AvgIpc) is 2.64. The van der Waals surface area contributed by atoms with Crippen LogP contribution in [0, 0.1) is 0 Å². The van der Waals surface area contributed by atoms with E-state index < -0.39 is 0 Å². The SMILES string of the molecule is C=CC(=O)CSc1nc2ccccc2n1C. The van der Waals surface area contributed by atoms with Gasteiger partial charge in [0, 0.05) is 7.05 Å². The van der Waals surface area contributed by atoms with Crippen molar-refractivity contribution in [2.24, 2.45) is 7.05 Å². The fourth-order valence-corrected chi connectivity index (χ4v) is 2.29. The van der Waals surface area contributed by atoms with Gasteiger partial charge in [0.2, 0.25) is 0 Å². The summed E-state index contributed by atoms with van der Waals surface area (Å²) in [6.45, 7) is 3.45. The zero-order chi connectivity index (χ0) is 11.5. The highest BCUT2D eigenvalue weighted by Crippen LogP contribution is 2.22. The van der Waals surface area contributed by atoms with E-state index in [1.165, 1.54) is 17.8 Å². The first-order chi connectivity index (χ1) is 7.72. The molecule has 4 heteroatoms. The van der Waals surface area contributed by atoms with Gasteiger partial charge in [-0.1, -0.05) is 30.5 Å². The summed E-state index contributed by atoms with van der Waals surface area (Å²) < 4.78 is 2.00. The van der Waals surface area contributed by atoms with Crippen LogP contribution in [-0.4, -0.2) is 21.1 Å². The quantitative estimate of drug-likeness (QED) is 0.600. The topological polar surface area (TPSA) is 34.9 Å². The molecule has 0 spiro atoms. The van der Waals surface area contributed by atoms with Crippen LogP contribution in [0.15, 0.2) is 42.1 Å². The first-order valence-corrected chi connectivity index (χ1v) is 5.90. The molecule has 0 fully saturated rings. The third-order valence-corrected chi connectivity index (χ3v) is 3.37. The number of thioether (sulfide) groups is 1. The van der Waals surface area contributed by atoms with Crippen LogP contribution >= 0.6 is 11.8 Å². The Balaban J connectivity index is 2.28. The maximum atomic E-state index is 11.1. The summed E-state index contributed by atoms with van der Waals surface area (Å²) in [4.78, 5) is 15.6. The van der Waals surface area contributed by atoms with Gasteiger partial charge in [-0.2, -0.15) is 0 Å². The van der Waals surface area contributed by atoms with E-state index in [1.807, 2.05) is 35.9 Å². The number of aryl methyl sites for hydroxylation is 1. The summed E-state index contributed by atoms with van der Waals surface area (Å²) in [5.41, 5.74) is 2.04. The monoisotopic (exact) mass is 232 g/mol. The molecule has 0 aliphatic heterocycles. The lowest BCUT2D eigenvalue weighted by atomic mass is 10.3. The Bertz CT molecular complexity index is 545. The lowest BCUT2D eigenvalue weighted by molar-refractivity contribution is -0.112. The first kappa shape index (κ1) is 11.0. The van der Waals surface area contributed by atoms with E-state index in [0.29, 0.717) is 5.75 Å². The molecule has 0 aliphatic rings. The van der Waals surface area contributed by atoms with E-state index in [4.69, 9.17) is 0 Å². The van der Waals surface area contributed by atoms with E-state index in [0.717, 1.165) is 16.2 Å². The van der Waals surface area contributed by atoms with Crippen LogP contribution in [-0.2, 0) is 11.8 Å².